The Labute approximate surface area is 160 Å². The van der Waals surface area contributed by atoms with E-state index in [4.69, 9.17) is 17.3 Å². The average molecular weight is 463 g/mol. The van der Waals surface area contributed by atoms with Crippen molar-refractivity contribution in [3.05, 3.63) is 47.3 Å². The quantitative estimate of drug-likeness (QED) is 0.247. The minimum absolute atomic E-state index is 0.0219. The summed E-state index contributed by atoms with van der Waals surface area (Å²) in [5.74, 6) is 0.564. The first-order valence-electron chi connectivity index (χ1n) is 7.93. The van der Waals surface area contributed by atoms with Gasteiger partial charge in [-0.25, -0.2) is 0 Å². The van der Waals surface area contributed by atoms with Gasteiger partial charge < -0.3 is 11.1 Å². The number of aldehydes is 1. The molecule has 0 spiro atoms. The number of rotatable bonds is 8. The summed E-state index contributed by atoms with van der Waals surface area (Å²) in [6, 6.07) is 0. The fraction of sp³-hybridized carbons (Fsp3) is 0.474. The maximum absolute atomic E-state index is 11.5. The summed E-state index contributed by atoms with van der Waals surface area (Å²) in [7, 11) is 0. The normalized spacial score (nSPS) is 20.0. The molecular formula is C19H28ClIN2O. The van der Waals surface area contributed by atoms with E-state index in [2.05, 4.69) is 43.7 Å². The topological polar surface area (TPSA) is 55.1 Å². The summed E-state index contributed by atoms with van der Waals surface area (Å²) < 4.78 is 1.21. The second-order valence-electron chi connectivity index (χ2n) is 6.51. The average Bonchev–Trinajstić information content (AvgIpc) is 2.56. The molecule has 3 nitrogen and oxygen atoms in total. The Morgan fingerprint density at radius 3 is 2.71 bits per heavy atom. The highest BCUT2D eigenvalue weighted by molar-refractivity contribution is 14.2. The minimum Gasteiger partial charge on any atom is -0.358 e. The molecule has 0 saturated carbocycles. The van der Waals surface area contributed by atoms with Crippen molar-refractivity contribution in [3.8, 4) is 0 Å². The van der Waals surface area contributed by atoms with Crippen LogP contribution in [0.25, 0.3) is 0 Å². The van der Waals surface area contributed by atoms with Gasteiger partial charge in [0.05, 0.1) is 5.88 Å². The van der Waals surface area contributed by atoms with Gasteiger partial charge in [0.2, 0.25) is 0 Å². The predicted octanol–water partition coefficient (Wildman–Crippen LogP) is 4.06. The second-order valence-corrected chi connectivity index (χ2v) is 9.16. The number of carbonyl (C=O) groups excluding carboxylic acids is 1. The lowest BCUT2D eigenvalue weighted by Crippen LogP contribution is -2.29. The molecule has 0 fully saturated rings. The van der Waals surface area contributed by atoms with Crippen molar-refractivity contribution < 1.29 is 4.79 Å². The van der Waals surface area contributed by atoms with E-state index in [0.717, 1.165) is 24.1 Å². The molecule has 0 saturated heterocycles. The van der Waals surface area contributed by atoms with Gasteiger partial charge in [-0.05, 0) is 23.7 Å². The van der Waals surface area contributed by atoms with Crippen molar-refractivity contribution in [2.75, 3.05) is 17.4 Å². The number of nitrogens with two attached hydrogens (primary N) is 1. The zero-order valence-electron chi connectivity index (χ0n) is 15.0. The van der Waals surface area contributed by atoms with Crippen LogP contribution in [0.2, 0.25) is 0 Å². The van der Waals surface area contributed by atoms with Crippen molar-refractivity contribution in [1.82, 2.24) is 5.32 Å². The summed E-state index contributed by atoms with van der Waals surface area (Å²) in [5.41, 5.74) is 9.71. The molecule has 1 aliphatic carbocycles. The Hall–Kier alpha value is -0.720. The minimum atomic E-state index is -0.170. The fourth-order valence-corrected chi connectivity index (χ4v) is 4.46. The van der Waals surface area contributed by atoms with Crippen LogP contribution in [0.1, 0.15) is 27.2 Å². The van der Waals surface area contributed by atoms with E-state index < -0.39 is 0 Å². The maximum atomic E-state index is 11.5. The molecule has 0 radical (unpaired) electrons. The van der Waals surface area contributed by atoms with Crippen LogP contribution in [0.5, 0.6) is 0 Å². The smallest absolute Gasteiger partial charge is 0.151 e. The van der Waals surface area contributed by atoms with Gasteiger partial charge in [0.15, 0.2) is 6.29 Å². The number of allylic oxidation sites excluding steroid dienone is 5. The summed E-state index contributed by atoms with van der Waals surface area (Å²) >= 11 is 5.98. The van der Waals surface area contributed by atoms with Crippen molar-refractivity contribution >= 4 is 42.1 Å². The van der Waals surface area contributed by atoms with E-state index in [1.54, 1.807) is 0 Å². The first-order chi connectivity index (χ1) is 11.3. The van der Waals surface area contributed by atoms with E-state index in [1.165, 1.54) is 9.08 Å². The molecule has 0 aromatic heterocycles. The van der Waals surface area contributed by atoms with E-state index in [-0.39, 0.29) is 32.1 Å². The standard InChI is InChI=1S/C19H28ClIN2O/c1-6-14(11-22)8-17(16(10-20)21-5)23-18-9-19(3,4)13(2)7-15(18)12-24/h6-8,12,14,23H,1,9-11,22H2,2-5H3/b17-8+. The Kier molecular flexibility index (Phi) is 8.60. The molecule has 134 valence electrons. The number of hydrogen-bond acceptors (Lipinski definition) is 3. The first kappa shape index (κ1) is 21.3. The Morgan fingerprint density at radius 1 is 1.58 bits per heavy atom. The highest BCUT2D eigenvalue weighted by Crippen LogP contribution is 2.38. The van der Waals surface area contributed by atoms with Crippen LogP contribution in [0.15, 0.2) is 47.3 Å². The first-order valence-corrected chi connectivity index (χ1v) is 11.7. The van der Waals surface area contributed by atoms with Crippen molar-refractivity contribution in [3.63, 3.8) is 0 Å². The molecule has 0 amide bonds. The molecule has 1 rings (SSSR count). The summed E-state index contributed by atoms with van der Waals surface area (Å²) in [5, 5.41) is 3.50. The maximum Gasteiger partial charge on any atom is 0.151 e. The van der Waals surface area contributed by atoms with Crippen molar-refractivity contribution in [1.29, 1.82) is 0 Å². The number of halogens is 2. The van der Waals surface area contributed by atoms with Gasteiger partial charge in [-0.3, -0.25) is 4.79 Å². The molecular weight excluding hydrogens is 435 g/mol. The predicted molar refractivity (Wildman–Crippen MR) is 115 cm³/mol. The molecule has 0 heterocycles. The summed E-state index contributed by atoms with van der Waals surface area (Å²) in [6.45, 7) is 10.8. The Morgan fingerprint density at radius 2 is 2.25 bits per heavy atom. The highest BCUT2D eigenvalue weighted by atomic mass is 127. The van der Waals surface area contributed by atoms with Crippen molar-refractivity contribution in [2.24, 2.45) is 17.1 Å². The molecule has 1 aliphatic rings. The van der Waals surface area contributed by atoms with Crippen LogP contribution in [-0.4, -0.2) is 27.2 Å². The highest BCUT2D eigenvalue weighted by Gasteiger charge is 2.28. The molecule has 0 aromatic rings. The van der Waals surface area contributed by atoms with E-state index in [1.807, 2.05) is 12.2 Å². The SMILES string of the molecule is C=CC(/C=C(/NC1=C(C=O)C=C(C)C(C)(C)C1)C(CCl)=IC)CN. The molecule has 0 aliphatic heterocycles. The van der Waals surface area contributed by atoms with Gasteiger partial charge in [-0.2, -0.15) is 0 Å². The molecule has 0 bridgehead atoms. The second kappa shape index (κ2) is 9.68. The number of alkyl halides is 2. The van der Waals surface area contributed by atoms with Crippen LogP contribution in [0.4, 0.5) is 0 Å². The van der Waals surface area contributed by atoms with E-state index in [0.29, 0.717) is 18.0 Å². The molecule has 24 heavy (non-hydrogen) atoms. The number of nitrogens with one attached hydrogen (secondary N) is 1. The zero-order chi connectivity index (χ0) is 18.3. The van der Waals surface area contributed by atoms with Gasteiger partial charge in [-0.1, -0.05) is 37.6 Å². The van der Waals surface area contributed by atoms with Crippen LogP contribution in [0.3, 0.4) is 0 Å². The fourth-order valence-electron chi connectivity index (χ4n) is 2.45. The number of hydrogen-bond donors (Lipinski definition) is 2. The molecule has 5 heteroatoms. The lowest BCUT2D eigenvalue weighted by molar-refractivity contribution is -0.104. The van der Waals surface area contributed by atoms with Gasteiger partial charge in [0, 0.05) is 32.9 Å². The summed E-state index contributed by atoms with van der Waals surface area (Å²) in [6.07, 6.45) is 7.62. The monoisotopic (exact) mass is 462 g/mol. The van der Waals surface area contributed by atoms with Gasteiger partial charge >= 0.3 is 0 Å². The van der Waals surface area contributed by atoms with Crippen LogP contribution in [-0.2, 0) is 4.79 Å². The van der Waals surface area contributed by atoms with E-state index in [9.17, 15) is 4.79 Å². The van der Waals surface area contributed by atoms with Gasteiger partial charge in [-0.15, -0.1) is 38.9 Å². The van der Waals surface area contributed by atoms with E-state index >= 15 is 0 Å². The molecule has 0 aromatic carbocycles. The Bertz CT molecular complexity index is 615. The molecule has 3 N–H and O–H groups in total. The zero-order valence-corrected chi connectivity index (χ0v) is 17.9. The lowest BCUT2D eigenvalue weighted by Gasteiger charge is -2.33. The van der Waals surface area contributed by atoms with Gasteiger partial charge in [0.25, 0.3) is 0 Å². The van der Waals surface area contributed by atoms with Crippen LogP contribution in [0, 0.1) is 11.3 Å². The number of carbonyl (C=O) groups is 1. The largest absolute Gasteiger partial charge is 0.358 e. The molecule has 1 atom stereocenters. The summed E-state index contributed by atoms with van der Waals surface area (Å²) in [4.78, 5) is 13.7. The van der Waals surface area contributed by atoms with Crippen molar-refractivity contribution in [2.45, 2.75) is 27.2 Å². The van der Waals surface area contributed by atoms with Crippen LogP contribution < -0.4 is 11.1 Å². The van der Waals surface area contributed by atoms with Crippen LogP contribution >= 0.6 is 32.3 Å². The Balaban J connectivity index is 3.31. The third kappa shape index (κ3) is 5.39. The third-order valence-corrected chi connectivity index (χ3v) is 7.40. The lowest BCUT2D eigenvalue weighted by atomic mass is 9.76. The van der Waals surface area contributed by atoms with Gasteiger partial charge in [0.1, 0.15) is 0 Å². The third-order valence-electron chi connectivity index (χ3n) is 4.41. The molecule has 1 unspecified atom stereocenters.